The van der Waals surface area contributed by atoms with Gasteiger partial charge in [0.2, 0.25) is 5.91 Å². The van der Waals surface area contributed by atoms with Crippen LogP contribution < -0.4 is 5.73 Å². The van der Waals surface area contributed by atoms with E-state index in [1.165, 1.54) is 0 Å². The SMILES string of the molecule is C[C@@H]1C2(C)CC1(C(N)=O)C2. The maximum Gasteiger partial charge on any atom is 0.223 e. The van der Waals surface area contributed by atoms with E-state index in [0.29, 0.717) is 11.3 Å². The molecule has 0 unspecified atom stereocenters. The van der Waals surface area contributed by atoms with Crippen molar-refractivity contribution in [3.05, 3.63) is 0 Å². The molecule has 3 aliphatic rings. The molecule has 0 saturated heterocycles. The molecule has 3 fully saturated rings. The van der Waals surface area contributed by atoms with Gasteiger partial charge in [-0.2, -0.15) is 0 Å². The summed E-state index contributed by atoms with van der Waals surface area (Å²) >= 11 is 0. The number of rotatable bonds is 1. The van der Waals surface area contributed by atoms with E-state index < -0.39 is 0 Å². The quantitative estimate of drug-likeness (QED) is 0.576. The van der Waals surface area contributed by atoms with Crippen molar-refractivity contribution < 1.29 is 4.79 Å². The van der Waals surface area contributed by atoms with Crippen molar-refractivity contribution in [3.63, 3.8) is 0 Å². The Balaban J connectivity index is 2.21. The van der Waals surface area contributed by atoms with Gasteiger partial charge in [0, 0.05) is 0 Å². The molecule has 0 aromatic heterocycles. The smallest absolute Gasteiger partial charge is 0.223 e. The van der Waals surface area contributed by atoms with E-state index in [9.17, 15) is 4.79 Å². The fraction of sp³-hybridized carbons (Fsp3) is 0.875. The second kappa shape index (κ2) is 1.25. The van der Waals surface area contributed by atoms with Gasteiger partial charge in [-0.05, 0) is 24.2 Å². The molecule has 2 nitrogen and oxygen atoms in total. The molecule has 2 bridgehead atoms. The van der Waals surface area contributed by atoms with Gasteiger partial charge in [-0.15, -0.1) is 0 Å². The maximum absolute atomic E-state index is 10.9. The minimum absolute atomic E-state index is 0.0747. The first kappa shape index (κ1) is 6.20. The Hall–Kier alpha value is -0.530. The number of carbonyl (C=O) groups is 1. The molecule has 1 amide bonds. The van der Waals surface area contributed by atoms with Crippen molar-refractivity contribution in [2.75, 3.05) is 0 Å². The van der Waals surface area contributed by atoms with Gasteiger partial charge in [0.1, 0.15) is 0 Å². The minimum atomic E-state index is -0.0799. The molecule has 0 radical (unpaired) electrons. The van der Waals surface area contributed by atoms with Gasteiger partial charge in [-0.3, -0.25) is 4.79 Å². The molecule has 0 aliphatic heterocycles. The zero-order chi connectivity index (χ0) is 7.57. The average molecular weight is 139 g/mol. The van der Waals surface area contributed by atoms with Crippen LogP contribution in [0.3, 0.4) is 0 Å². The Morgan fingerprint density at radius 2 is 2.10 bits per heavy atom. The molecule has 1 atom stereocenters. The van der Waals surface area contributed by atoms with Crippen molar-refractivity contribution in [2.24, 2.45) is 22.5 Å². The lowest BCUT2D eigenvalue weighted by atomic mass is 9.30. The van der Waals surface area contributed by atoms with Crippen LogP contribution in [0.5, 0.6) is 0 Å². The third-order valence-electron chi connectivity index (χ3n) is 3.80. The number of primary amides is 1. The van der Waals surface area contributed by atoms with Crippen LogP contribution in [0.25, 0.3) is 0 Å². The molecule has 10 heavy (non-hydrogen) atoms. The summed E-state index contributed by atoms with van der Waals surface area (Å²) in [5.41, 5.74) is 5.67. The first-order valence-electron chi connectivity index (χ1n) is 3.81. The van der Waals surface area contributed by atoms with Crippen molar-refractivity contribution in [1.82, 2.24) is 0 Å². The van der Waals surface area contributed by atoms with Gasteiger partial charge in [0.15, 0.2) is 0 Å². The molecule has 0 heterocycles. The van der Waals surface area contributed by atoms with E-state index >= 15 is 0 Å². The van der Waals surface area contributed by atoms with Crippen LogP contribution in [-0.4, -0.2) is 5.91 Å². The fourth-order valence-corrected chi connectivity index (χ4v) is 2.79. The highest BCUT2D eigenvalue weighted by Crippen LogP contribution is 2.76. The summed E-state index contributed by atoms with van der Waals surface area (Å²) in [7, 11) is 0. The second-order valence-corrected chi connectivity index (χ2v) is 4.25. The number of nitrogens with two attached hydrogens (primary N) is 1. The van der Waals surface area contributed by atoms with Crippen LogP contribution in [0, 0.1) is 16.7 Å². The lowest BCUT2D eigenvalue weighted by molar-refractivity contribution is -0.244. The molecular weight excluding hydrogens is 126 g/mol. The number of carbonyl (C=O) groups excluding carboxylic acids is 1. The molecule has 0 aromatic rings. The van der Waals surface area contributed by atoms with Gasteiger partial charge in [0.05, 0.1) is 5.41 Å². The molecular formula is C8H13NO. The lowest BCUT2D eigenvalue weighted by Crippen LogP contribution is -2.72. The Kier molecular flexibility index (Phi) is 0.773. The van der Waals surface area contributed by atoms with E-state index in [-0.39, 0.29) is 11.3 Å². The first-order chi connectivity index (χ1) is 4.51. The van der Waals surface area contributed by atoms with Crippen LogP contribution >= 0.6 is 0 Å². The Labute approximate surface area is 60.8 Å². The second-order valence-electron chi connectivity index (χ2n) is 4.25. The summed E-state index contributed by atoms with van der Waals surface area (Å²) in [5.74, 6) is 0.459. The van der Waals surface area contributed by atoms with Gasteiger partial charge in [-0.25, -0.2) is 0 Å². The number of hydrogen-bond acceptors (Lipinski definition) is 1. The van der Waals surface area contributed by atoms with Crippen LogP contribution in [0.4, 0.5) is 0 Å². The Bertz CT molecular complexity index is 203. The third kappa shape index (κ3) is 0.360. The molecule has 0 spiro atoms. The van der Waals surface area contributed by atoms with Crippen molar-refractivity contribution in [3.8, 4) is 0 Å². The largest absolute Gasteiger partial charge is 0.369 e. The van der Waals surface area contributed by atoms with Gasteiger partial charge >= 0.3 is 0 Å². The van der Waals surface area contributed by atoms with Crippen LogP contribution in [0.2, 0.25) is 0 Å². The Morgan fingerprint density at radius 3 is 2.20 bits per heavy atom. The molecule has 0 aromatic carbocycles. The standard InChI is InChI=1S/C8H13NO/c1-5-7(2)3-8(5,4-7)6(9)10/h5H,3-4H2,1-2H3,(H2,9,10)/t5-,7?,8?/m1/s1. The van der Waals surface area contributed by atoms with Crippen molar-refractivity contribution >= 4 is 5.91 Å². The molecule has 2 heteroatoms. The van der Waals surface area contributed by atoms with Crippen LogP contribution in [0.1, 0.15) is 26.7 Å². The lowest BCUT2D eigenvalue weighted by Gasteiger charge is -2.73. The van der Waals surface area contributed by atoms with Crippen molar-refractivity contribution in [2.45, 2.75) is 26.7 Å². The summed E-state index contributed by atoms with van der Waals surface area (Å²) in [6.07, 6.45) is 2.08. The number of hydrogen-bond donors (Lipinski definition) is 1. The van der Waals surface area contributed by atoms with E-state index in [4.69, 9.17) is 5.73 Å². The summed E-state index contributed by atoms with van der Waals surface area (Å²) in [6, 6.07) is 0. The van der Waals surface area contributed by atoms with E-state index in [0.717, 1.165) is 12.8 Å². The first-order valence-corrected chi connectivity index (χ1v) is 3.81. The zero-order valence-electron chi connectivity index (χ0n) is 6.48. The van der Waals surface area contributed by atoms with Gasteiger partial charge < -0.3 is 5.73 Å². The van der Waals surface area contributed by atoms with Gasteiger partial charge in [-0.1, -0.05) is 13.8 Å². The molecule has 2 N–H and O–H groups in total. The summed E-state index contributed by atoms with van der Waals surface area (Å²) in [5, 5.41) is 0. The number of amides is 1. The third-order valence-corrected chi connectivity index (χ3v) is 3.80. The highest BCUT2D eigenvalue weighted by atomic mass is 16.1. The van der Waals surface area contributed by atoms with Crippen LogP contribution in [-0.2, 0) is 4.79 Å². The molecule has 56 valence electrons. The molecule has 3 rings (SSSR count). The predicted octanol–water partition coefficient (Wildman–Crippen LogP) is 0.908. The fourth-order valence-electron chi connectivity index (χ4n) is 2.79. The minimum Gasteiger partial charge on any atom is -0.369 e. The van der Waals surface area contributed by atoms with E-state index in [2.05, 4.69) is 13.8 Å². The van der Waals surface area contributed by atoms with E-state index in [1.807, 2.05) is 0 Å². The molecule has 3 saturated carbocycles. The Morgan fingerprint density at radius 1 is 1.60 bits per heavy atom. The monoisotopic (exact) mass is 139 g/mol. The summed E-state index contributed by atoms with van der Waals surface area (Å²) < 4.78 is 0. The van der Waals surface area contributed by atoms with Crippen molar-refractivity contribution in [1.29, 1.82) is 0 Å². The van der Waals surface area contributed by atoms with E-state index in [1.54, 1.807) is 0 Å². The topological polar surface area (TPSA) is 43.1 Å². The maximum atomic E-state index is 10.9. The predicted molar refractivity (Wildman–Crippen MR) is 38.1 cm³/mol. The zero-order valence-corrected chi connectivity index (χ0v) is 6.48. The summed E-state index contributed by atoms with van der Waals surface area (Å²) in [4.78, 5) is 10.9. The summed E-state index contributed by atoms with van der Waals surface area (Å²) in [6.45, 7) is 4.38. The average Bonchev–Trinajstić information content (AvgIpc) is 1.81. The van der Waals surface area contributed by atoms with Gasteiger partial charge in [0.25, 0.3) is 0 Å². The van der Waals surface area contributed by atoms with Crippen LogP contribution in [0.15, 0.2) is 0 Å². The highest BCUT2D eigenvalue weighted by Gasteiger charge is 2.73. The molecule has 3 aliphatic carbocycles. The normalized spacial score (nSPS) is 56.8. The highest BCUT2D eigenvalue weighted by molar-refractivity contribution is 5.85.